The molecule has 9 heteroatoms. The summed E-state index contributed by atoms with van der Waals surface area (Å²) < 4.78 is 32.6. The Bertz CT molecular complexity index is 1370. The van der Waals surface area contributed by atoms with Crippen molar-refractivity contribution in [2.45, 2.75) is 11.8 Å². The molecule has 4 aromatic rings. The van der Waals surface area contributed by atoms with E-state index >= 15 is 0 Å². The standard InChI is InChI=1S/C24H21N3O4S2/c1-16-22(17-10-14-20(31-2)15-11-17)25-24(32-16)26-23(28)18-8-12-19(13-9-18)27-33(29,30)21-6-4-3-5-7-21/h3-15,27H,1-2H3,(H,25,26,28). The first kappa shape index (κ1) is 22.5. The predicted molar refractivity (Wildman–Crippen MR) is 130 cm³/mol. The predicted octanol–water partition coefficient (Wildman–Crippen LogP) is 5.18. The average molecular weight is 480 g/mol. The zero-order valence-corrected chi connectivity index (χ0v) is 19.5. The Morgan fingerprint density at radius 1 is 0.939 bits per heavy atom. The second-order valence-electron chi connectivity index (χ2n) is 7.10. The molecule has 0 bridgehead atoms. The van der Waals surface area contributed by atoms with E-state index in [1.807, 2.05) is 31.2 Å². The van der Waals surface area contributed by atoms with Gasteiger partial charge in [0, 0.05) is 21.7 Å². The Morgan fingerprint density at radius 2 is 1.61 bits per heavy atom. The van der Waals surface area contributed by atoms with Gasteiger partial charge in [-0.05, 0) is 67.6 Å². The van der Waals surface area contributed by atoms with E-state index in [0.29, 0.717) is 16.4 Å². The van der Waals surface area contributed by atoms with Crippen LogP contribution in [0, 0.1) is 6.92 Å². The highest BCUT2D eigenvalue weighted by molar-refractivity contribution is 7.92. The summed E-state index contributed by atoms with van der Waals surface area (Å²) in [5.41, 5.74) is 2.47. The van der Waals surface area contributed by atoms with Crippen molar-refractivity contribution in [1.82, 2.24) is 4.98 Å². The van der Waals surface area contributed by atoms with Gasteiger partial charge >= 0.3 is 0 Å². The van der Waals surface area contributed by atoms with Crippen LogP contribution < -0.4 is 14.8 Å². The van der Waals surface area contributed by atoms with Crippen LogP contribution in [0.3, 0.4) is 0 Å². The number of rotatable bonds is 7. The lowest BCUT2D eigenvalue weighted by molar-refractivity contribution is 0.102. The molecule has 33 heavy (non-hydrogen) atoms. The molecule has 0 aliphatic rings. The third kappa shape index (κ3) is 5.21. The van der Waals surface area contributed by atoms with E-state index < -0.39 is 10.0 Å². The molecule has 0 spiro atoms. The molecule has 1 amide bonds. The number of thiazole rings is 1. The van der Waals surface area contributed by atoms with E-state index in [4.69, 9.17) is 4.74 Å². The van der Waals surface area contributed by atoms with Crippen molar-refractivity contribution in [3.8, 4) is 17.0 Å². The van der Waals surface area contributed by atoms with Crippen molar-refractivity contribution < 1.29 is 17.9 Å². The topological polar surface area (TPSA) is 97.4 Å². The largest absolute Gasteiger partial charge is 0.497 e. The lowest BCUT2D eigenvalue weighted by atomic mass is 10.1. The summed E-state index contributed by atoms with van der Waals surface area (Å²) in [6, 6.07) is 21.9. The molecule has 0 unspecified atom stereocenters. The van der Waals surface area contributed by atoms with E-state index in [-0.39, 0.29) is 10.8 Å². The molecule has 0 fully saturated rings. The van der Waals surface area contributed by atoms with Crippen molar-refractivity contribution in [3.63, 3.8) is 0 Å². The molecule has 0 saturated heterocycles. The molecule has 0 aliphatic heterocycles. The van der Waals surface area contributed by atoms with Crippen LogP contribution in [0.15, 0.2) is 83.8 Å². The third-order valence-electron chi connectivity index (χ3n) is 4.83. The van der Waals surface area contributed by atoms with Crippen molar-refractivity contribution in [1.29, 1.82) is 0 Å². The summed E-state index contributed by atoms with van der Waals surface area (Å²) in [4.78, 5) is 18.4. The summed E-state index contributed by atoms with van der Waals surface area (Å²) in [6.45, 7) is 1.94. The van der Waals surface area contributed by atoms with E-state index in [9.17, 15) is 13.2 Å². The van der Waals surface area contributed by atoms with Gasteiger partial charge in [-0.2, -0.15) is 0 Å². The maximum absolute atomic E-state index is 12.7. The molecule has 1 heterocycles. The number of carbonyl (C=O) groups is 1. The number of ether oxygens (including phenoxy) is 1. The van der Waals surface area contributed by atoms with Crippen LogP contribution in [0.25, 0.3) is 11.3 Å². The number of nitrogens with zero attached hydrogens (tertiary/aromatic N) is 1. The van der Waals surface area contributed by atoms with E-state index in [2.05, 4.69) is 15.0 Å². The Balaban J connectivity index is 1.45. The maximum atomic E-state index is 12.7. The monoisotopic (exact) mass is 479 g/mol. The summed E-state index contributed by atoms with van der Waals surface area (Å²) in [5, 5.41) is 3.29. The van der Waals surface area contributed by atoms with Gasteiger partial charge in [-0.15, -0.1) is 11.3 Å². The summed E-state index contributed by atoms with van der Waals surface area (Å²) in [5.74, 6) is 0.428. The highest BCUT2D eigenvalue weighted by Gasteiger charge is 2.16. The second-order valence-corrected chi connectivity index (χ2v) is 9.99. The van der Waals surface area contributed by atoms with Gasteiger partial charge in [0.15, 0.2) is 5.13 Å². The number of aryl methyl sites for hydroxylation is 1. The average Bonchev–Trinajstić information content (AvgIpc) is 3.19. The van der Waals surface area contributed by atoms with Crippen LogP contribution in [0.4, 0.5) is 10.8 Å². The Morgan fingerprint density at radius 3 is 2.24 bits per heavy atom. The van der Waals surface area contributed by atoms with Gasteiger partial charge in [0.05, 0.1) is 17.7 Å². The molecule has 168 valence electrons. The molecule has 2 N–H and O–H groups in total. The number of amides is 1. The van der Waals surface area contributed by atoms with Crippen LogP contribution in [-0.2, 0) is 10.0 Å². The summed E-state index contributed by atoms with van der Waals surface area (Å²) in [7, 11) is -2.08. The molecule has 0 atom stereocenters. The SMILES string of the molecule is COc1ccc(-c2nc(NC(=O)c3ccc(NS(=O)(=O)c4ccccc4)cc3)sc2C)cc1. The summed E-state index contributed by atoms with van der Waals surface area (Å²) in [6.07, 6.45) is 0. The molecule has 1 aromatic heterocycles. The van der Waals surface area contributed by atoms with Gasteiger partial charge < -0.3 is 4.74 Å². The van der Waals surface area contributed by atoms with Crippen molar-refractivity contribution in [3.05, 3.63) is 89.3 Å². The minimum Gasteiger partial charge on any atom is -0.497 e. The Hall–Kier alpha value is -3.69. The summed E-state index contributed by atoms with van der Waals surface area (Å²) >= 11 is 1.38. The number of benzene rings is 3. The van der Waals surface area contributed by atoms with Crippen LogP contribution in [-0.4, -0.2) is 26.4 Å². The van der Waals surface area contributed by atoms with E-state index in [1.54, 1.807) is 49.6 Å². The highest BCUT2D eigenvalue weighted by Crippen LogP contribution is 2.31. The van der Waals surface area contributed by atoms with Gasteiger partial charge in [0.1, 0.15) is 5.75 Å². The number of carbonyl (C=O) groups excluding carboxylic acids is 1. The molecule has 3 aromatic carbocycles. The molecule has 4 rings (SSSR count). The van der Waals surface area contributed by atoms with Crippen LogP contribution in [0.2, 0.25) is 0 Å². The highest BCUT2D eigenvalue weighted by atomic mass is 32.2. The van der Waals surface area contributed by atoms with Gasteiger partial charge in [-0.1, -0.05) is 18.2 Å². The molecule has 7 nitrogen and oxygen atoms in total. The molecular weight excluding hydrogens is 458 g/mol. The first-order valence-electron chi connectivity index (χ1n) is 9.97. The zero-order valence-electron chi connectivity index (χ0n) is 17.9. The normalized spacial score (nSPS) is 11.1. The number of hydrogen-bond acceptors (Lipinski definition) is 6. The smallest absolute Gasteiger partial charge is 0.261 e. The van der Waals surface area contributed by atoms with Crippen molar-refractivity contribution in [2.24, 2.45) is 0 Å². The van der Waals surface area contributed by atoms with Gasteiger partial charge in [0.2, 0.25) is 0 Å². The van der Waals surface area contributed by atoms with Crippen LogP contribution >= 0.6 is 11.3 Å². The lowest BCUT2D eigenvalue weighted by Gasteiger charge is -2.08. The van der Waals surface area contributed by atoms with Crippen molar-refractivity contribution in [2.75, 3.05) is 17.1 Å². The molecule has 0 radical (unpaired) electrons. The fraction of sp³-hybridized carbons (Fsp3) is 0.0833. The minimum atomic E-state index is -3.69. The van der Waals surface area contributed by atoms with Crippen LogP contribution in [0.1, 0.15) is 15.2 Å². The molecule has 0 aliphatic carbocycles. The van der Waals surface area contributed by atoms with Gasteiger partial charge in [0.25, 0.3) is 15.9 Å². The Kier molecular flexibility index (Phi) is 6.43. The van der Waals surface area contributed by atoms with Crippen molar-refractivity contribution >= 4 is 38.1 Å². The fourth-order valence-electron chi connectivity index (χ4n) is 3.14. The van der Waals surface area contributed by atoms with E-state index in [1.165, 1.54) is 23.5 Å². The molecular formula is C24H21N3O4S2. The molecule has 0 saturated carbocycles. The second kappa shape index (κ2) is 9.43. The number of sulfonamides is 1. The number of nitrogens with one attached hydrogen (secondary N) is 2. The van der Waals surface area contributed by atoms with Crippen LogP contribution in [0.5, 0.6) is 5.75 Å². The first-order valence-corrected chi connectivity index (χ1v) is 12.3. The minimum absolute atomic E-state index is 0.165. The quantitative estimate of drug-likeness (QED) is 0.381. The third-order valence-corrected chi connectivity index (χ3v) is 7.12. The maximum Gasteiger partial charge on any atom is 0.261 e. The number of aromatic nitrogens is 1. The first-order chi connectivity index (χ1) is 15.9. The van der Waals surface area contributed by atoms with E-state index in [0.717, 1.165) is 21.9 Å². The van der Waals surface area contributed by atoms with Gasteiger partial charge in [-0.25, -0.2) is 13.4 Å². The lowest BCUT2D eigenvalue weighted by Crippen LogP contribution is -2.14. The number of anilines is 2. The fourth-order valence-corrected chi connectivity index (χ4v) is 5.05. The Labute approximate surface area is 196 Å². The van der Waals surface area contributed by atoms with Gasteiger partial charge in [-0.3, -0.25) is 14.8 Å². The zero-order chi connectivity index (χ0) is 23.4. The number of methoxy groups -OCH3 is 1. The number of hydrogen-bond donors (Lipinski definition) is 2.